The minimum absolute atomic E-state index is 0.0710. The first kappa shape index (κ1) is 16.4. The molecule has 5 nitrogen and oxygen atoms in total. The Morgan fingerprint density at radius 1 is 1.22 bits per heavy atom. The molecule has 0 aliphatic carbocycles. The molecule has 1 N–H and O–H groups in total. The largest absolute Gasteiger partial charge is 0.301 e. The van der Waals surface area contributed by atoms with Crippen LogP contribution in [0.3, 0.4) is 0 Å². The van der Waals surface area contributed by atoms with E-state index in [0.717, 1.165) is 26.8 Å². The summed E-state index contributed by atoms with van der Waals surface area (Å²) < 4.78 is 0. The quantitative estimate of drug-likeness (QED) is 0.557. The van der Waals surface area contributed by atoms with Gasteiger partial charge >= 0.3 is 0 Å². The Labute approximate surface area is 146 Å². The molecule has 3 aromatic rings. The van der Waals surface area contributed by atoms with Crippen LogP contribution < -0.4 is 5.32 Å². The molecule has 3 heterocycles. The normalized spacial score (nSPS) is 11.1. The monoisotopic (exact) mass is 364 g/mol. The maximum atomic E-state index is 12.1. The van der Waals surface area contributed by atoms with Gasteiger partial charge in [-0.05, 0) is 33.3 Å². The third-order valence-corrected chi connectivity index (χ3v) is 6.26. The van der Waals surface area contributed by atoms with Crippen LogP contribution in [0.4, 0.5) is 5.13 Å². The van der Waals surface area contributed by atoms with Crippen LogP contribution >= 0.6 is 34.4 Å². The number of nitrogens with zero attached hydrogens (tertiary/aromatic N) is 3. The summed E-state index contributed by atoms with van der Waals surface area (Å²) in [7, 11) is 0. The number of thioether (sulfide) groups is 1. The van der Waals surface area contributed by atoms with Crippen molar-refractivity contribution < 1.29 is 4.79 Å². The number of hydrogen-bond donors (Lipinski definition) is 1. The van der Waals surface area contributed by atoms with E-state index in [1.54, 1.807) is 11.3 Å². The maximum absolute atomic E-state index is 12.1. The van der Waals surface area contributed by atoms with Gasteiger partial charge in [0.25, 0.3) is 0 Å². The van der Waals surface area contributed by atoms with Crippen molar-refractivity contribution >= 4 is 55.7 Å². The number of hydrogen-bond acceptors (Lipinski definition) is 7. The second-order valence-electron chi connectivity index (χ2n) is 5.17. The Kier molecular flexibility index (Phi) is 4.65. The molecule has 0 saturated heterocycles. The Morgan fingerprint density at radius 3 is 2.70 bits per heavy atom. The van der Waals surface area contributed by atoms with Gasteiger partial charge in [-0.15, -0.1) is 22.7 Å². The molecular formula is C15H16N4OS3. The third-order valence-electron chi connectivity index (χ3n) is 3.31. The minimum Gasteiger partial charge on any atom is -0.301 e. The number of thiazole rings is 1. The van der Waals surface area contributed by atoms with E-state index in [0.29, 0.717) is 10.9 Å². The topological polar surface area (TPSA) is 67.8 Å². The summed E-state index contributed by atoms with van der Waals surface area (Å²) in [6, 6.07) is 0. The Morgan fingerprint density at radius 2 is 2.00 bits per heavy atom. The number of carbonyl (C=O) groups excluding carboxylic acids is 1. The predicted octanol–water partition coefficient (Wildman–Crippen LogP) is 4.11. The number of aryl methyl sites for hydroxylation is 4. The molecule has 0 unspecified atom stereocenters. The lowest BCUT2D eigenvalue weighted by Crippen LogP contribution is -2.14. The fraction of sp³-hybridized carbons (Fsp3) is 0.333. The summed E-state index contributed by atoms with van der Waals surface area (Å²) in [6.07, 6.45) is 0. The van der Waals surface area contributed by atoms with E-state index in [9.17, 15) is 4.79 Å². The highest BCUT2D eigenvalue weighted by atomic mass is 32.2. The summed E-state index contributed by atoms with van der Waals surface area (Å²) >= 11 is 4.55. The molecule has 3 rings (SSSR count). The molecule has 23 heavy (non-hydrogen) atoms. The van der Waals surface area contributed by atoms with E-state index in [4.69, 9.17) is 0 Å². The number of anilines is 1. The minimum atomic E-state index is -0.0710. The van der Waals surface area contributed by atoms with E-state index in [-0.39, 0.29) is 5.91 Å². The third kappa shape index (κ3) is 3.54. The first-order valence-corrected chi connectivity index (χ1v) is 9.71. The van der Waals surface area contributed by atoms with Crippen molar-refractivity contribution in [1.82, 2.24) is 15.0 Å². The average Bonchev–Trinajstić information content (AvgIpc) is 3.00. The zero-order valence-electron chi connectivity index (χ0n) is 13.3. The Hall–Kier alpha value is -1.51. The molecule has 0 atom stereocenters. The van der Waals surface area contributed by atoms with Gasteiger partial charge in [0.2, 0.25) is 5.91 Å². The van der Waals surface area contributed by atoms with Gasteiger partial charge in [-0.2, -0.15) is 0 Å². The van der Waals surface area contributed by atoms with Gasteiger partial charge in [0.05, 0.1) is 11.4 Å². The molecule has 0 aliphatic heterocycles. The zero-order chi connectivity index (χ0) is 16.6. The first-order chi connectivity index (χ1) is 10.9. The van der Waals surface area contributed by atoms with E-state index in [2.05, 4.69) is 34.1 Å². The van der Waals surface area contributed by atoms with Crippen LogP contribution in [-0.4, -0.2) is 26.6 Å². The van der Waals surface area contributed by atoms with Gasteiger partial charge < -0.3 is 5.32 Å². The predicted molar refractivity (Wildman–Crippen MR) is 97.8 cm³/mol. The van der Waals surface area contributed by atoms with Crippen molar-refractivity contribution in [3.8, 4) is 0 Å². The zero-order valence-corrected chi connectivity index (χ0v) is 15.7. The fourth-order valence-electron chi connectivity index (χ4n) is 2.12. The highest BCUT2D eigenvalue weighted by Crippen LogP contribution is 2.35. The number of aromatic nitrogens is 3. The van der Waals surface area contributed by atoms with Crippen LogP contribution in [0.1, 0.15) is 22.0 Å². The van der Waals surface area contributed by atoms with Gasteiger partial charge in [0.15, 0.2) is 5.13 Å². The van der Waals surface area contributed by atoms with E-state index >= 15 is 0 Å². The van der Waals surface area contributed by atoms with Crippen LogP contribution in [0.15, 0.2) is 10.4 Å². The lowest BCUT2D eigenvalue weighted by molar-refractivity contribution is -0.113. The van der Waals surface area contributed by atoms with Gasteiger partial charge in [-0.3, -0.25) is 4.79 Å². The van der Waals surface area contributed by atoms with Crippen molar-refractivity contribution in [3.63, 3.8) is 0 Å². The molecule has 0 spiro atoms. The Balaban J connectivity index is 1.77. The number of fused-ring (bicyclic) bond motifs is 1. The van der Waals surface area contributed by atoms with Crippen LogP contribution in [-0.2, 0) is 4.79 Å². The van der Waals surface area contributed by atoms with Gasteiger partial charge in [0, 0.05) is 15.6 Å². The SMILES string of the molecule is Cc1csc(NC(=O)CSc2nc(C)nc3sc(C)c(C)c23)n1. The molecule has 0 saturated carbocycles. The van der Waals surface area contributed by atoms with Crippen LogP contribution in [0, 0.1) is 27.7 Å². The van der Waals surface area contributed by atoms with Crippen LogP contribution in [0.2, 0.25) is 0 Å². The number of nitrogens with one attached hydrogen (secondary N) is 1. The molecule has 0 aromatic carbocycles. The molecule has 0 aliphatic rings. The molecule has 0 fully saturated rings. The summed E-state index contributed by atoms with van der Waals surface area (Å²) in [5.74, 6) is 0.967. The fourth-order valence-corrected chi connectivity index (χ4v) is 4.89. The Bertz CT molecular complexity index is 884. The second kappa shape index (κ2) is 6.54. The lowest BCUT2D eigenvalue weighted by Gasteiger charge is -2.05. The highest BCUT2D eigenvalue weighted by molar-refractivity contribution is 8.00. The summed E-state index contributed by atoms with van der Waals surface area (Å²) in [5.41, 5.74) is 2.11. The molecule has 1 amide bonds. The maximum Gasteiger partial charge on any atom is 0.236 e. The van der Waals surface area contributed by atoms with Crippen molar-refractivity contribution in [2.75, 3.05) is 11.1 Å². The molecular weight excluding hydrogens is 348 g/mol. The molecule has 3 aromatic heterocycles. The van der Waals surface area contributed by atoms with Crippen LogP contribution in [0.5, 0.6) is 0 Å². The first-order valence-electron chi connectivity index (χ1n) is 7.03. The number of thiophene rings is 1. The van der Waals surface area contributed by atoms with Gasteiger partial charge in [-0.1, -0.05) is 11.8 Å². The second-order valence-corrected chi connectivity index (χ2v) is 8.20. The smallest absolute Gasteiger partial charge is 0.236 e. The number of rotatable bonds is 4. The van der Waals surface area contributed by atoms with Crippen molar-refractivity contribution in [1.29, 1.82) is 0 Å². The van der Waals surface area contributed by atoms with Crippen molar-refractivity contribution in [2.45, 2.75) is 32.7 Å². The number of amides is 1. The molecule has 8 heteroatoms. The molecule has 0 bridgehead atoms. The summed E-state index contributed by atoms with van der Waals surface area (Å²) in [5, 5.41) is 7.32. The van der Waals surface area contributed by atoms with Crippen molar-refractivity contribution in [2.24, 2.45) is 0 Å². The van der Waals surface area contributed by atoms with Gasteiger partial charge in [0.1, 0.15) is 15.7 Å². The average molecular weight is 365 g/mol. The van der Waals surface area contributed by atoms with Gasteiger partial charge in [-0.25, -0.2) is 15.0 Å². The lowest BCUT2D eigenvalue weighted by atomic mass is 10.2. The standard InChI is InChI=1S/C15H16N4OS3/c1-7-5-22-15(16-7)19-11(20)6-21-13-12-8(2)9(3)23-14(12)18-10(4)17-13/h5H,6H2,1-4H3,(H,16,19,20). The van der Waals surface area contributed by atoms with E-state index in [1.165, 1.54) is 33.5 Å². The van der Waals surface area contributed by atoms with Crippen molar-refractivity contribution in [3.05, 3.63) is 27.3 Å². The number of carbonyl (C=O) groups is 1. The molecule has 0 radical (unpaired) electrons. The summed E-state index contributed by atoms with van der Waals surface area (Å²) in [6.45, 7) is 7.95. The molecule has 120 valence electrons. The summed E-state index contributed by atoms with van der Waals surface area (Å²) in [4.78, 5) is 27.6. The highest BCUT2D eigenvalue weighted by Gasteiger charge is 2.15. The van der Waals surface area contributed by atoms with Crippen LogP contribution in [0.25, 0.3) is 10.2 Å². The van der Waals surface area contributed by atoms with E-state index < -0.39 is 0 Å². The van der Waals surface area contributed by atoms with E-state index in [1.807, 2.05) is 19.2 Å².